The lowest BCUT2D eigenvalue weighted by Gasteiger charge is -2.27. The van der Waals surface area contributed by atoms with Crippen LogP contribution < -0.4 is 19.6 Å². The van der Waals surface area contributed by atoms with E-state index in [4.69, 9.17) is 26.2 Å². The summed E-state index contributed by atoms with van der Waals surface area (Å²) < 4.78 is 12.8. The molecule has 2 heterocycles. The molecule has 1 aromatic heterocycles. The maximum Gasteiger partial charge on any atom is 0.341 e. The lowest BCUT2D eigenvalue weighted by molar-refractivity contribution is -0.150. The molecule has 0 fully saturated rings. The third-order valence-electron chi connectivity index (χ3n) is 5.37. The number of benzene rings is 2. The minimum atomic E-state index is -1.07. The Labute approximate surface area is 221 Å². The van der Waals surface area contributed by atoms with Gasteiger partial charge in [-0.3, -0.25) is 9.36 Å². The SMILES string of the molecule is CC1=C(C(=O)OC(C)(C)C)C(c2ccc(Cl)cc2)n2c(s/c(=C\c3ccc(OCC(=O)O)cc3)c2=O)=N1. The molecule has 192 valence electrons. The molecule has 37 heavy (non-hydrogen) atoms. The summed E-state index contributed by atoms with van der Waals surface area (Å²) in [5.74, 6) is -1.21. The third kappa shape index (κ3) is 6.00. The summed E-state index contributed by atoms with van der Waals surface area (Å²) in [6.07, 6.45) is 1.72. The Morgan fingerprint density at radius 2 is 1.78 bits per heavy atom. The molecule has 0 saturated carbocycles. The zero-order valence-electron chi connectivity index (χ0n) is 20.6. The number of thiazole rings is 1. The number of hydrogen-bond acceptors (Lipinski definition) is 7. The number of carbonyl (C=O) groups excluding carboxylic acids is 1. The van der Waals surface area contributed by atoms with Crippen molar-refractivity contribution in [2.45, 2.75) is 39.3 Å². The van der Waals surface area contributed by atoms with Crippen molar-refractivity contribution < 1.29 is 24.2 Å². The number of carboxylic acid groups (broad SMARTS) is 1. The summed E-state index contributed by atoms with van der Waals surface area (Å²) in [5.41, 5.74) is 1.15. The van der Waals surface area contributed by atoms with Crippen LogP contribution in [0.4, 0.5) is 0 Å². The molecule has 0 aliphatic carbocycles. The minimum Gasteiger partial charge on any atom is -0.482 e. The number of aromatic nitrogens is 1. The molecule has 10 heteroatoms. The molecule has 1 aliphatic heterocycles. The van der Waals surface area contributed by atoms with E-state index in [2.05, 4.69) is 4.99 Å². The molecular formula is C27H25ClN2O6S. The first kappa shape index (κ1) is 26.4. The van der Waals surface area contributed by atoms with Gasteiger partial charge >= 0.3 is 11.9 Å². The second-order valence-electron chi connectivity index (χ2n) is 9.39. The highest BCUT2D eigenvalue weighted by molar-refractivity contribution is 7.07. The maximum atomic E-state index is 13.7. The van der Waals surface area contributed by atoms with Crippen LogP contribution in [0.15, 0.2) is 69.6 Å². The molecule has 0 saturated heterocycles. The van der Waals surface area contributed by atoms with Gasteiger partial charge < -0.3 is 14.6 Å². The first-order valence-corrected chi connectivity index (χ1v) is 12.6. The number of hydrogen-bond donors (Lipinski definition) is 1. The van der Waals surface area contributed by atoms with Crippen molar-refractivity contribution in [3.05, 3.63) is 95.6 Å². The monoisotopic (exact) mass is 540 g/mol. The van der Waals surface area contributed by atoms with E-state index in [-0.39, 0.29) is 11.1 Å². The molecule has 0 bridgehead atoms. The number of ether oxygens (including phenoxy) is 2. The molecule has 3 aromatic rings. The molecule has 0 radical (unpaired) electrons. The minimum absolute atomic E-state index is 0.288. The maximum absolute atomic E-state index is 13.7. The fourth-order valence-electron chi connectivity index (χ4n) is 3.83. The Hall–Kier alpha value is -3.69. The van der Waals surface area contributed by atoms with Crippen molar-refractivity contribution in [1.82, 2.24) is 4.57 Å². The second kappa shape index (κ2) is 10.4. The zero-order chi connectivity index (χ0) is 26.9. The summed E-state index contributed by atoms with van der Waals surface area (Å²) in [7, 11) is 0. The molecule has 4 rings (SSSR count). The number of aliphatic carboxylic acids is 1. The summed E-state index contributed by atoms with van der Waals surface area (Å²) in [5, 5.41) is 9.30. The smallest absolute Gasteiger partial charge is 0.341 e. The molecule has 1 unspecified atom stereocenters. The number of allylic oxidation sites excluding steroid dienone is 1. The van der Waals surface area contributed by atoms with E-state index < -0.39 is 30.2 Å². The van der Waals surface area contributed by atoms with Crippen molar-refractivity contribution in [2.24, 2.45) is 4.99 Å². The summed E-state index contributed by atoms with van der Waals surface area (Å²) >= 11 is 7.32. The predicted octanol–water partition coefficient (Wildman–Crippen LogP) is 3.69. The fraction of sp³-hybridized carbons (Fsp3) is 0.259. The normalized spacial score (nSPS) is 15.7. The molecule has 0 amide bonds. The van der Waals surface area contributed by atoms with Crippen molar-refractivity contribution in [2.75, 3.05) is 6.61 Å². The molecule has 1 atom stereocenters. The Morgan fingerprint density at radius 1 is 1.14 bits per heavy atom. The van der Waals surface area contributed by atoms with Gasteiger partial charge in [-0.25, -0.2) is 14.6 Å². The van der Waals surface area contributed by atoms with E-state index in [9.17, 15) is 14.4 Å². The molecule has 1 N–H and O–H groups in total. The van der Waals surface area contributed by atoms with E-state index >= 15 is 0 Å². The number of halogens is 1. The average Bonchev–Trinajstić information content (AvgIpc) is 3.11. The highest BCUT2D eigenvalue weighted by Crippen LogP contribution is 2.32. The first-order valence-electron chi connectivity index (χ1n) is 11.4. The van der Waals surface area contributed by atoms with E-state index in [0.717, 1.165) is 5.56 Å². The van der Waals surface area contributed by atoms with Crippen LogP contribution in [0, 0.1) is 0 Å². The largest absolute Gasteiger partial charge is 0.482 e. The van der Waals surface area contributed by atoms with Crippen LogP contribution in [0.3, 0.4) is 0 Å². The van der Waals surface area contributed by atoms with Gasteiger partial charge in [0.1, 0.15) is 11.4 Å². The van der Waals surface area contributed by atoms with Gasteiger partial charge in [-0.1, -0.05) is 47.2 Å². The van der Waals surface area contributed by atoms with E-state index in [1.165, 1.54) is 15.9 Å². The van der Waals surface area contributed by atoms with Gasteiger partial charge in [0.25, 0.3) is 5.56 Å². The van der Waals surface area contributed by atoms with Crippen molar-refractivity contribution in [1.29, 1.82) is 0 Å². The Morgan fingerprint density at radius 3 is 2.38 bits per heavy atom. The molecule has 2 aromatic carbocycles. The van der Waals surface area contributed by atoms with E-state index in [1.807, 2.05) is 0 Å². The molecule has 1 aliphatic rings. The lowest BCUT2D eigenvalue weighted by Crippen LogP contribution is -2.40. The summed E-state index contributed by atoms with van der Waals surface area (Å²) in [6, 6.07) is 13.0. The van der Waals surface area contributed by atoms with Crippen LogP contribution in [-0.4, -0.2) is 33.8 Å². The highest BCUT2D eigenvalue weighted by atomic mass is 35.5. The third-order valence-corrected chi connectivity index (χ3v) is 6.60. The Balaban J connectivity index is 1.81. The van der Waals surface area contributed by atoms with Crippen molar-refractivity contribution in [3.8, 4) is 5.75 Å². The van der Waals surface area contributed by atoms with Gasteiger partial charge in [0.05, 0.1) is 21.8 Å². The van der Waals surface area contributed by atoms with Crippen LogP contribution in [0.1, 0.15) is 44.9 Å². The average molecular weight is 541 g/mol. The topological polar surface area (TPSA) is 107 Å². The molecular weight excluding hydrogens is 516 g/mol. The number of carboxylic acids is 1. The van der Waals surface area contributed by atoms with Crippen molar-refractivity contribution >= 4 is 41.0 Å². The van der Waals surface area contributed by atoms with Gasteiger partial charge in [-0.05, 0) is 69.2 Å². The Bertz CT molecular complexity index is 1560. The van der Waals surface area contributed by atoms with Crippen molar-refractivity contribution in [3.63, 3.8) is 0 Å². The van der Waals surface area contributed by atoms with Crippen LogP contribution in [0.2, 0.25) is 5.02 Å². The molecule has 8 nitrogen and oxygen atoms in total. The Kier molecular flexibility index (Phi) is 7.38. The quantitative estimate of drug-likeness (QED) is 0.478. The van der Waals surface area contributed by atoms with Crippen LogP contribution in [0.25, 0.3) is 6.08 Å². The van der Waals surface area contributed by atoms with E-state index in [1.54, 1.807) is 82.3 Å². The highest BCUT2D eigenvalue weighted by Gasteiger charge is 2.35. The van der Waals surface area contributed by atoms with Gasteiger partial charge in [-0.15, -0.1) is 0 Å². The predicted molar refractivity (Wildman–Crippen MR) is 141 cm³/mol. The van der Waals surface area contributed by atoms with Crippen LogP contribution in [0.5, 0.6) is 5.75 Å². The number of fused-ring (bicyclic) bond motifs is 1. The lowest BCUT2D eigenvalue weighted by atomic mass is 9.95. The number of nitrogens with zero attached hydrogens (tertiary/aromatic N) is 2. The number of esters is 1. The standard InChI is InChI=1S/C27H25ClN2O6S/c1-15-22(25(34)36-27(2,3)4)23(17-7-9-18(28)10-8-17)30-24(33)20(37-26(30)29-15)13-16-5-11-19(12-6-16)35-14-21(31)32/h5-13,23H,14H2,1-4H3,(H,31,32)/b20-13-. The second-order valence-corrected chi connectivity index (χ2v) is 10.8. The van der Waals surface area contributed by atoms with Crippen LogP contribution in [-0.2, 0) is 14.3 Å². The van der Waals surface area contributed by atoms with Crippen LogP contribution >= 0.6 is 22.9 Å². The fourth-order valence-corrected chi connectivity index (χ4v) is 5.01. The molecule has 0 spiro atoms. The first-order chi connectivity index (χ1) is 17.4. The van der Waals surface area contributed by atoms with Gasteiger partial charge in [0.15, 0.2) is 11.4 Å². The number of carbonyl (C=O) groups is 2. The van der Waals surface area contributed by atoms with Gasteiger partial charge in [0, 0.05) is 5.02 Å². The van der Waals surface area contributed by atoms with Gasteiger partial charge in [0.2, 0.25) is 0 Å². The summed E-state index contributed by atoms with van der Waals surface area (Å²) in [4.78, 5) is 42.7. The number of rotatable bonds is 6. The van der Waals surface area contributed by atoms with E-state index in [0.29, 0.717) is 31.4 Å². The zero-order valence-corrected chi connectivity index (χ0v) is 22.2. The van der Waals surface area contributed by atoms with Gasteiger partial charge in [-0.2, -0.15) is 0 Å². The summed E-state index contributed by atoms with van der Waals surface area (Å²) in [6.45, 7) is 6.64.